The number of rotatable bonds is 8. The average Bonchev–Trinajstić information content (AvgIpc) is 2.56. The number of benzene rings is 2. The molecule has 0 aromatic heterocycles. The van der Waals surface area contributed by atoms with Gasteiger partial charge in [-0.05, 0) is 37.1 Å². The molecule has 0 radical (unpaired) electrons. The Labute approximate surface area is 146 Å². The van der Waals surface area contributed by atoms with Gasteiger partial charge in [-0.3, -0.25) is 0 Å². The molecule has 0 saturated carbocycles. The first-order valence-corrected chi connectivity index (χ1v) is 8.72. The van der Waals surface area contributed by atoms with E-state index in [1.54, 1.807) is 0 Å². The molecule has 0 unspecified atom stereocenters. The van der Waals surface area contributed by atoms with Gasteiger partial charge in [-0.25, -0.2) is 0 Å². The smallest absolute Gasteiger partial charge is 0.124 e. The summed E-state index contributed by atoms with van der Waals surface area (Å²) in [6.07, 6.45) is 0.893. The van der Waals surface area contributed by atoms with Crippen LogP contribution in [0.15, 0.2) is 46.9 Å². The SMILES string of the molecule is CC[C@H](CO)NCc1cc(Br)ccc1OCc1ccc(C)cc1. The third-order valence-corrected chi connectivity index (χ3v) is 4.33. The van der Waals surface area contributed by atoms with Gasteiger partial charge in [0.15, 0.2) is 0 Å². The van der Waals surface area contributed by atoms with Gasteiger partial charge < -0.3 is 15.2 Å². The summed E-state index contributed by atoms with van der Waals surface area (Å²) < 4.78 is 7.02. The van der Waals surface area contributed by atoms with Crippen molar-refractivity contribution in [3.05, 3.63) is 63.6 Å². The number of aryl methyl sites for hydroxylation is 1. The summed E-state index contributed by atoms with van der Waals surface area (Å²) in [5.41, 5.74) is 3.48. The molecule has 2 aromatic carbocycles. The van der Waals surface area contributed by atoms with Gasteiger partial charge in [0.05, 0.1) is 6.61 Å². The monoisotopic (exact) mass is 377 g/mol. The first-order chi connectivity index (χ1) is 11.1. The number of aliphatic hydroxyl groups excluding tert-OH is 1. The summed E-state index contributed by atoms with van der Waals surface area (Å²) in [4.78, 5) is 0. The lowest BCUT2D eigenvalue weighted by molar-refractivity contribution is 0.237. The van der Waals surface area contributed by atoms with Gasteiger partial charge in [0.2, 0.25) is 0 Å². The lowest BCUT2D eigenvalue weighted by Gasteiger charge is -2.17. The van der Waals surface area contributed by atoms with E-state index in [1.807, 2.05) is 12.1 Å². The Bertz CT molecular complexity index is 609. The van der Waals surface area contributed by atoms with Crippen LogP contribution in [0.2, 0.25) is 0 Å². The minimum atomic E-state index is 0.110. The maximum absolute atomic E-state index is 9.30. The number of nitrogens with one attached hydrogen (secondary N) is 1. The average molecular weight is 378 g/mol. The van der Waals surface area contributed by atoms with Crippen LogP contribution >= 0.6 is 15.9 Å². The first kappa shape index (κ1) is 18.0. The van der Waals surface area contributed by atoms with E-state index >= 15 is 0 Å². The summed E-state index contributed by atoms with van der Waals surface area (Å²) in [5, 5.41) is 12.7. The molecule has 0 aliphatic rings. The molecule has 0 bridgehead atoms. The van der Waals surface area contributed by atoms with E-state index in [-0.39, 0.29) is 12.6 Å². The van der Waals surface area contributed by atoms with E-state index in [0.29, 0.717) is 13.2 Å². The Balaban J connectivity index is 2.04. The minimum absolute atomic E-state index is 0.110. The van der Waals surface area contributed by atoms with Gasteiger partial charge in [0.1, 0.15) is 12.4 Å². The fourth-order valence-corrected chi connectivity index (χ4v) is 2.67. The fourth-order valence-electron chi connectivity index (χ4n) is 2.26. The highest BCUT2D eigenvalue weighted by Crippen LogP contribution is 2.24. The second-order valence-electron chi connectivity index (χ2n) is 5.69. The van der Waals surface area contributed by atoms with Crippen molar-refractivity contribution >= 4 is 15.9 Å². The zero-order valence-corrected chi connectivity index (χ0v) is 15.3. The summed E-state index contributed by atoms with van der Waals surface area (Å²) in [6.45, 7) is 5.50. The molecule has 0 aliphatic heterocycles. The molecule has 124 valence electrons. The highest BCUT2D eigenvalue weighted by atomic mass is 79.9. The number of halogens is 1. The van der Waals surface area contributed by atoms with Gasteiger partial charge in [-0.1, -0.05) is 52.7 Å². The molecular weight excluding hydrogens is 354 g/mol. The molecule has 3 nitrogen and oxygen atoms in total. The predicted molar refractivity (Wildman–Crippen MR) is 97.7 cm³/mol. The summed E-state index contributed by atoms with van der Waals surface area (Å²) in [5.74, 6) is 0.870. The first-order valence-electron chi connectivity index (χ1n) is 7.93. The highest BCUT2D eigenvalue weighted by Gasteiger charge is 2.09. The van der Waals surface area contributed by atoms with Gasteiger partial charge in [-0.15, -0.1) is 0 Å². The van der Waals surface area contributed by atoms with Gasteiger partial charge in [0, 0.05) is 22.6 Å². The maximum atomic E-state index is 9.30. The summed E-state index contributed by atoms with van der Waals surface area (Å²) in [7, 11) is 0. The van der Waals surface area contributed by atoms with Crippen LogP contribution in [-0.2, 0) is 13.2 Å². The Kier molecular flexibility index (Phi) is 7.09. The second-order valence-corrected chi connectivity index (χ2v) is 6.61. The molecule has 1 atom stereocenters. The zero-order chi connectivity index (χ0) is 16.7. The molecule has 0 fully saturated rings. The Morgan fingerprint density at radius 1 is 1.17 bits per heavy atom. The molecule has 0 heterocycles. The third kappa shape index (κ3) is 5.65. The second kappa shape index (κ2) is 9.06. The fraction of sp³-hybridized carbons (Fsp3) is 0.368. The Morgan fingerprint density at radius 2 is 1.91 bits per heavy atom. The van der Waals surface area contributed by atoms with Crippen molar-refractivity contribution in [2.45, 2.75) is 39.5 Å². The molecular formula is C19H24BrNO2. The van der Waals surface area contributed by atoms with Crippen molar-refractivity contribution in [3.8, 4) is 5.75 Å². The maximum Gasteiger partial charge on any atom is 0.124 e. The topological polar surface area (TPSA) is 41.5 Å². The molecule has 4 heteroatoms. The van der Waals surface area contributed by atoms with Crippen molar-refractivity contribution in [2.75, 3.05) is 6.61 Å². The molecule has 2 N–H and O–H groups in total. The van der Waals surface area contributed by atoms with Gasteiger partial charge in [-0.2, -0.15) is 0 Å². The Hall–Kier alpha value is -1.36. The van der Waals surface area contributed by atoms with E-state index in [0.717, 1.165) is 27.8 Å². The van der Waals surface area contributed by atoms with Gasteiger partial charge >= 0.3 is 0 Å². The number of hydrogen-bond donors (Lipinski definition) is 2. The number of hydrogen-bond acceptors (Lipinski definition) is 3. The number of aliphatic hydroxyl groups is 1. The van der Waals surface area contributed by atoms with Crippen LogP contribution in [0.1, 0.15) is 30.0 Å². The van der Waals surface area contributed by atoms with Crippen LogP contribution in [0.4, 0.5) is 0 Å². The van der Waals surface area contributed by atoms with Crippen molar-refractivity contribution in [2.24, 2.45) is 0 Å². The molecule has 0 spiro atoms. The van der Waals surface area contributed by atoms with E-state index in [4.69, 9.17) is 4.74 Å². The standard InChI is InChI=1S/C19H24BrNO2/c1-3-18(12-22)21-11-16-10-17(20)8-9-19(16)23-13-15-6-4-14(2)5-7-15/h4-10,18,21-22H,3,11-13H2,1-2H3/t18-/m1/s1. The van der Waals surface area contributed by atoms with Crippen LogP contribution < -0.4 is 10.1 Å². The largest absolute Gasteiger partial charge is 0.489 e. The van der Waals surface area contributed by atoms with E-state index in [2.05, 4.69) is 65.4 Å². The van der Waals surface area contributed by atoms with Crippen LogP contribution in [0.5, 0.6) is 5.75 Å². The van der Waals surface area contributed by atoms with Crippen molar-refractivity contribution in [1.29, 1.82) is 0 Å². The zero-order valence-electron chi connectivity index (χ0n) is 13.7. The van der Waals surface area contributed by atoms with Crippen molar-refractivity contribution < 1.29 is 9.84 Å². The molecule has 0 saturated heterocycles. The third-order valence-electron chi connectivity index (χ3n) is 3.83. The molecule has 0 aliphatic carbocycles. The van der Waals surface area contributed by atoms with E-state index in [1.165, 1.54) is 5.56 Å². The Morgan fingerprint density at radius 3 is 2.57 bits per heavy atom. The van der Waals surface area contributed by atoms with E-state index in [9.17, 15) is 5.11 Å². The molecule has 23 heavy (non-hydrogen) atoms. The summed E-state index contributed by atoms with van der Waals surface area (Å²) in [6, 6.07) is 14.5. The van der Waals surface area contributed by atoms with Gasteiger partial charge in [0.25, 0.3) is 0 Å². The van der Waals surface area contributed by atoms with Crippen LogP contribution in [-0.4, -0.2) is 17.8 Å². The number of ether oxygens (including phenoxy) is 1. The molecule has 0 amide bonds. The van der Waals surface area contributed by atoms with Crippen LogP contribution in [0.3, 0.4) is 0 Å². The normalized spacial score (nSPS) is 12.2. The predicted octanol–water partition coefficient (Wildman–Crippen LogP) is 4.20. The lowest BCUT2D eigenvalue weighted by atomic mass is 10.1. The van der Waals surface area contributed by atoms with E-state index < -0.39 is 0 Å². The molecule has 2 rings (SSSR count). The van der Waals surface area contributed by atoms with Crippen LogP contribution in [0, 0.1) is 6.92 Å². The van der Waals surface area contributed by atoms with Crippen LogP contribution in [0.25, 0.3) is 0 Å². The van der Waals surface area contributed by atoms with Crippen molar-refractivity contribution in [1.82, 2.24) is 5.32 Å². The molecule has 2 aromatic rings. The minimum Gasteiger partial charge on any atom is -0.489 e. The highest BCUT2D eigenvalue weighted by molar-refractivity contribution is 9.10. The lowest BCUT2D eigenvalue weighted by Crippen LogP contribution is -2.31. The summed E-state index contributed by atoms with van der Waals surface area (Å²) >= 11 is 3.51. The van der Waals surface area contributed by atoms with Crippen molar-refractivity contribution in [3.63, 3.8) is 0 Å². The quantitative estimate of drug-likeness (QED) is 0.724.